The molecule has 1 aromatic heterocycles. The Bertz CT molecular complexity index is 656. The zero-order valence-electron chi connectivity index (χ0n) is 12.9. The van der Waals surface area contributed by atoms with Crippen LogP contribution in [0.15, 0.2) is 29.6 Å². The van der Waals surface area contributed by atoms with Crippen molar-refractivity contribution in [2.75, 3.05) is 31.6 Å². The fourth-order valence-corrected chi connectivity index (χ4v) is 3.68. The van der Waals surface area contributed by atoms with Gasteiger partial charge in [-0.2, -0.15) is 0 Å². The summed E-state index contributed by atoms with van der Waals surface area (Å²) in [4.78, 5) is 7.12. The van der Waals surface area contributed by atoms with Gasteiger partial charge in [-0.25, -0.2) is 9.37 Å². The van der Waals surface area contributed by atoms with Gasteiger partial charge in [0.2, 0.25) is 0 Å². The number of ether oxygens (including phenoxy) is 1. The Kier molecular flexibility index (Phi) is 4.29. The minimum atomic E-state index is -0.225. The number of hydrogen-bond donors (Lipinski definition) is 1. The molecule has 0 bridgehead atoms. The van der Waals surface area contributed by atoms with E-state index in [0.29, 0.717) is 0 Å². The Balaban J connectivity index is 1.33. The molecule has 122 valence electrons. The Morgan fingerprint density at radius 2 is 2.13 bits per heavy atom. The molecule has 0 radical (unpaired) electrons. The van der Waals surface area contributed by atoms with Crippen LogP contribution >= 0.6 is 11.3 Å². The molecular weight excluding hydrogens is 313 g/mol. The summed E-state index contributed by atoms with van der Waals surface area (Å²) < 4.78 is 18.8. The maximum atomic E-state index is 13.0. The molecule has 2 heterocycles. The summed E-state index contributed by atoms with van der Waals surface area (Å²) >= 11 is 1.57. The summed E-state index contributed by atoms with van der Waals surface area (Å²) in [7, 11) is 0. The zero-order valence-corrected chi connectivity index (χ0v) is 13.7. The van der Waals surface area contributed by atoms with Gasteiger partial charge in [0.05, 0.1) is 18.4 Å². The van der Waals surface area contributed by atoms with Crippen LogP contribution < -0.4 is 5.32 Å². The second-order valence-electron chi connectivity index (χ2n) is 6.14. The third kappa shape index (κ3) is 3.71. The van der Waals surface area contributed by atoms with Crippen molar-refractivity contribution in [1.82, 2.24) is 9.88 Å². The standard InChI is InChI=1S/C17H20FN3OS/c18-13-3-1-12(2-4-13)16-11-23-17(20-16)19-9-15-10-21(7-8-22-15)14-5-6-14/h1-4,11,14-15H,5-10H2,(H,19,20). The quantitative estimate of drug-likeness (QED) is 0.912. The van der Waals surface area contributed by atoms with Gasteiger partial charge >= 0.3 is 0 Å². The van der Waals surface area contributed by atoms with Crippen LogP contribution in [0.25, 0.3) is 11.3 Å². The Morgan fingerprint density at radius 3 is 2.91 bits per heavy atom. The number of hydrogen-bond acceptors (Lipinski definition) is 5. The minimum absolute atomic E-state index is 0.225. The number of thiazole rings is 1. The van der Waals surface area contributed by atoms with E-state index in [1.807, 2.05) is 5.38 Å². The molecule has 1 aliphatic heterocycles. The van der Waals surface area contributed by atoms with Crippen LogP contribution in [0.1, 0.15) is 12.8 Å². The molecule has 4 nitrogen and oxygen atoms in total. The predicted octanol–water partition coefficient (Wildman–Crippen LogP) is 3.22. The summed E-state index contributed by atoms with van der Waals surface area (Å²) in [6.45, 7) is 3.67. The predicted molar refractivity (Wildman–Crippen MR) is 90.3 cm³/mol. The number of benzene rings is 1. The number of anilines is 1. The van der Waals surface area contributed by atoms with Gasteiger partial charge in [0.25, 0.3) is 0 Å². The van der Waals surface area contributed by atoms with Crippen LogP contribution in [-0.4, -0.2) is 48.3 Å². The highest BCUT2D eigenvalue weighted by Gasteiger charge is 2.32. The monoisotopic (exact) mass is 333 g/mol. The van der Waals surface area contributed by atoms with Crippen LogP contribution in [0, 0.1) is 5.82 Å². The first-order chi connectivity index (χ1) is 11.3. The fraction of sp³-hybridized carbons (Fsp3) is 0.471. The lowest BCUT2D eigenvalue weighted by molar-refractivity contribution is -0.0241. The number of rotatable bonds is 5. The maximum Gasteiger partial charge on any atom is 0.183 e. The fourth-order valence-electron chi connectivity index (χ4n) is 2.95. The molecule has 2 fully saturated rings. The average molecular weight is 333 g/mol. The van der Waals surface area contributed by atoms with Gasteiger partial charge in [-0.15, -0.1) is 11.3 Å². The van der Waals surface area contributed by atoms with Crippen molar-refractivity contribution in [1.29, 1.82) is 0 Å². The summed E-state index contributed by atoms with van der Waals surface area (Å²) in [5.74, 6) is -0.225. The number of nitrogens with one attached hydrogen (secondary N) is 1. The summed E-state index contributed by atoms with van der Waals surface area (Å²) in [6.07, 6.45) is 2.91. The van der Waals surface area contributed by atoms with E-state index in [0.717, 1.165) is 48.7 Å². The second-order valence-corrected chi connectivity index (χ2v) is 7.00. The minimum Gasteiger partial charge on any atom is -0.374 e. The van der Waals surface area contributed by atoms with Crippen LogP contribution in [0.5, 0.6) is 0 Å². The topological polar surface area (TPSA) is 37.4 Å². The number of aromatic nitrogens is 1. The second kappa shape index (κ2) is 6.55. The number of nitrogens with zero attached hydrogens (tertiary/aromatic N) is 2. The SMILES string of the molecule is Fc1ccc(-c2csc(NCC3CN(C4CC4)CCO3)n2)cc1. The lowest BCUT2D eigenvalue weighted by atomic mass is 10.2. The van der Waals surface area contributed by atoms with Gasteiger partial charge in [-0.05, 0) is 37.1 Å². The third-order valence-corrected chi connectivity index (χ3v) is 5.16. The highest BCUT2D eigenvalue weighted by Crippen LogP contribution is 2.28. The van der Waals surface area contributed by atoms with Gasteiger partial charge in [-0.3, -0.25) is 4.90 Å². The Morgan fingerprint density at radius 1 is 1.30 bits per heavy atom. The van der Waals surface area contributed by atoms with Crippen LogP contribution in [0.2, 0.25) is 0 Å². The normalized spacial score (nSPS) is 22.2. The van der Waals surface area contributed by atoms with E-state index >= 15 is 0 Å². The lowest BCUT2D eigenvalue weighted by Crippen LogP contribution is -2.46. The van der Waals surface area contributed by atoms with Crippen LogP contribution in [-0.2, 0) is 4.74 Å². The van der Waals surface area contributed by atoms with Crippen LogP contribution in [0.3, 0.4) is 0 Å². The first kappa shape index (κ1) is 15.1. The van der Waals surface area contributed by atoms with Gasteiger partial charge in [0.15, 0.2) is 5.13 Å². The smallest absolute Gasteiger partial charge is 0.183 e. The molecular formula is C17H20FN3OS. The average Bonchev–Trinajstić information content (AvgIpc) is 3.33. The highest BCUT2D eigenvalue weighted by molar-refractivity contribution is 7.14. The van der Waals surface area contributed by atoms with Crippen molar-refractivity contribution < 1.29 is 9.13 Å². The van der Waals surface area contributed by atoms with E-state index in [4.69, 9.17) is 4.74 Å². The molecule has 2 aromatic rings. The van der Waals surface area contributed by atoms with Crippen molar-refractivity contribution in [2.24, 2.45) is 0 Å². The zero-order chi connectivity index (χ0) is 15.6. The highest BCUT2D eigenvalue weighted by atomic mass is 32.1. The molecule has 1 aromatic carbocycles. The van der Waals surface area contributed by atoms with Gasteiger partial charge < -0.3 is 10.1 Å². The first-order valence-corrected chi connectivity index (χ1v) is 8.97. The van der Waals surface area contributed by atoms with Crippen molar-refractivity contribution in [2.45, 2.75) is 25.0 Å². The third-order valence-electron chi connectivity index (χ3n) is 4.36. The van der Waals surface area contributed by atoms with E-state index < -0.39 is 0 Å². The molecule has 1 atom stereocenters. The van der Waals surface area contributed by atoms with Crippen molar-refractivity contribution in [3.05, 3.63) is 35.5 Å². The Hall–Kier alpha value is -1.50. The van der Waals surface area contributed by atoms with Crippen molar-refractivity contribution >= 4 is 16.5 Å². The van der Waals surface area contributed by atoms with E-state index in [9.17, 15) is 4.39 Å². The summed E-state index contributed by atoms with van der Waals surface area (Å²) in [6, 6.07) is 7.23. The molecule has 2 aliphatic rings. The molecule has 1 saturated carbocycles. The molecule has 1 saturated heterocycles. The van der Waals surface area contributed by atoms with Crippen LogP contribution in [0.4, 0.5) is 9.52 Å². The lowest BCUT2D eigenvalue weighted by Gasteiger charge is -2.33. The number of halogens is 1. The molecule has 1 aliphatic carbocycles. The van der Waals surface area contributed by atoms with Crippen molar-refractivity contribution in [3.63, 3.8) is 0 Å². The largest absolute Gasteiger partial charge is 0.374 e. The number of morpholine rings is 1. The van der Waals surface area contributed by atoms with E-state index in [1.54, 1.807) is 23.5 Å². The molecule has 4 rings (SSSR count). The van der Waals surface area contributed by atoms with Gasteiger partial charge in [0.1, 0.15) is 5.82 Å². The molecule has 0 spiro atoms. The molecule has 6 heteroatoms. The van der Waals surface area contributed by atoms with Gasteiger partial charge in [-0.1, -0.05) is 0 Å². The van der Waals surface area contributed by atoms with E-state index in [1.165, 1.54) is 25.0 Å². The Labute approximate surface area is 139 Å². The first-order valence-electron chi connectivity index (χ1n) is 8.09. The summed E-state index contributed by atoms with van der Waals surface area (Å²) in [5, 5.41) is 6.26. The van der Waals surface area contributed by atoms with E-state index in [2.05, 4.69) is 15.2 Å². The molecule has 1 unspecified atom stereocenters. The molecule has 0 amide bonds. The summed E-state index contributed by atoms with van der Waals surface area (Å²) in [5.41, 5.74) is 1.81. The van der Waals surface area contributed by atoms with E-state index in [-0.39, 0.29) is 11.9 Å². The van der Waals surface area contributed by atoms with Gasteiger partial charge in [0, 0.05) is 36.6 Å². The molecule has 1 N–H and O–H groups in total. The van der Waals surface area contributed by atoms with Crippen molar-refractivity contribution in [3.8, 4) is 11.3 Å². The molecule has 23 heavy (non-hydrogen) atoms. The maximum absolute atomic E-state index is 13.0.